The van der Waals surface area contributed by atoms with Crippen molar-refractivity contribution in [3.8, 4) is 0 Å². The number of anilines is 1. The van der Waals surface area contributed by atoms with Gasteiger partial charge in [0, 0.05) is 23.7 Å². The van der Waals surface area contributed by atoms with E-state index in [-0.39, 0.29) is 5.82 Å². The molecular weight excluding hydrogens is 263 g/mol. The van der Waals surface area contributed by atoms with E-state index in [1.165, 1.54) is 6.07 Å². The van der Waals surface area contributed by atoms with Crippen LogP contribution in [0.15, 0.2) is 23.6 Å². The predicted octanol–water partition coefficient (Wildman–Crippen LogP) is 3.28. The van der Waals surface area contributed by atoms with Crippen LogP contribution in [0.4, 0.5) is 10.1 Å². The molecule has 0 unspecified atom stereocenters. The number of rotatable bonds is 4. The summed E-state index contributed by atoms with van der Waals surface area (Å²) in [6.45, 7) is 4.12. The first-order chi connectivity index (χ1) is 8.99. The third kappa shape index (κ3) is 3.11. The molecule has 0 saturated heterocycles. The Bertz CT molecular complexity index is 568. The molecule has 102 valence electrons. The minimum Gasteiger partial charge on any atom is -0.389 e. The van der Waals surface area contributed by atoms with Gasteiger partial charge < -0.3 is 10.0 Å². The summed E-state index contributed by atoms with van der Waals surface area (Å²) in [6, 6.07) is 4.83. The van der Waals surface area contributed by atoms with Crippen LogP contribution < -0.4 is 4.90 Å². The number of benzene rings is 1. The highest BCUT2D eigenvalue weighted by atomic mass is 32.1. The lowest BCUT2D eigenvalue weighted by molar-refractivity contribution is 0.194. The average Bonchev–Trinajstić information content (AvgIpc) is 2.73. The number of aliphatic hydroxyl groups is 1. The summed E-state index contributed by atoms with van der Waals surface area (Å²) >= 11 is 1.59. The van der Waals surface area contributed by atoms with Gasteiger partial charge in [0.25, 0.3) is 0 Å². The molecule has 1 heterocycles. The minimum atomic E-state index is -0.837. The third-order valence-electron chi connectivity index (χ3n) is 2.92. The van der Waals surface area contributed by atoms with Crippen LogP contribution in [0.3, 0.4) is 0 Å². The van der Waals surface area contributed by atoms with Crippen molar-refractivity contribution in [1.29, 1.82) is 0 Å². The summed E-state index contributed by atoms with van der Waals surface area (Å²) < 4.78 is 13.8. The molecule has 0 fully saturated rings. The van der Waals surface area contributed by atoms with E-state index < -0.39 is 6.10 Å². The van der Waals surface area contributed by atoms with Crippen molar-refractivity contribution >= 4 is 17.0 Å². The highest BCUT2D eigenvalue weighted by molar-refractivity contribution is 7.09. The van der Waals surface area contributed by atoms with Gasteiger partial charge in [-0.3, -0.25) is 0 Å². The summed E-state index contributed by atoms with van der Waals surface area (Å²) in [7, 11) is 1.87. The fraction of sp³-hybridized carbons (Fsp3) is 0.357. The van der Waals surface area contributed by atoms with Gasteiger partial charge in [-0.2, -0.15) is 0 Å². The Morgan fingerprint density at radius 1 is 1.47 bits per heavy atom. The van der Waals surface area contributed by atoms with Gasteiger partial charge in [0.1, 0.15) is 5.82 Å². The second kappa shape index (κ2) is 5.67. The van der Waals surface area contributed by atoms with Gasteiger partial charge in [-0.05, 0) is 26.0 Å². The van der Waals surface area contributed by atoms with E-state index in [0.717, 1.165) is 10.7 Å². The summed E-state index contributed by atoms with van der Waals surface area (Å²) in [6.07, 6.45) is -0.837. The van der Waals surface area contributed by atoms with Gasteiger partial charge in [-0.1, -0.05) is 6.07 Å². The maximum absolute atomic E-state index is 13.8. The van der Waals surface area contributed by atoms with Crippen LogP contribution >= 0.6 is 11.3 Å². The molecule has 1 N–H and O–H groups in total. The van der Waals surface area contributed by atoms with Crippen molar-refractivity contribution in [1.82, 2.24) is 4.98 Å². The van der Waals surface area contributed by atoms with Crippen LogP contribution in [0.1, 0.15) is 29.3 Å². The van der Waals surface area contributed by atoms with E-state index in [9.17, 15) is 9.50 Å². The lowest BCUT2D eigenvalue weighted by Crippen LogP contribution is -2.19. The zero-order chi connectivity index (χ0) is 14.0. The van der Waals surface area contributed by atoms with Crippen molar-refractivity contribution < 1.29 is 9.50 Å². The average molecular weight is 280 g/mol. The molecule has 3 nitrogen and oxygen atoms in total. The van der Waals surface area contributed by atoms with Crippen molar-refractivity contribution in [2.24, 2.45) is 0 Å². The Morgan fingerprint density at radius 2 is 2.21 bits per heavy atom. The molecule has 0 spiro atoms. The van der Waals surface area contributed by atoms with Crippen LogP contribution in [-0.4, -0.2) is 17.1 Å². The molecule has 0 amide bonds. The number of aromatic nitrogens is 1. The largest absolute Gasteiger partial charge is 0.389 e. The summed E-state index contributed by atoms with van der Waals surface area (Å²) in [4.78, 5) is 6.30. The summed E-state index contributed by atoms with van der Waals surface area (Å²) in [5, 5.41) is 12.7. The van der Waals surface area contributed by atoms with Gasteiger partial charge in [0.15, 0.2) is 0 Å². The Balaban J connectivity index is 2.28. The molecule has 0 bridgehead atoms. The molecular formula is C14H17FN2OS. The van der Waals surface area contributed by atoms with Gasteiger partial charge in [-0.15, -0.1) is 11.3 Å². The van der Waals surface area contributed by atoms with E-state index in [1.807, 2.05) is 30.3 Å². The predicted molar refractivity (Wildman–Crippen MR) is 76.0 cm³/mol. The molecule has 2 aromatic rings. The summed E-state index contributed by atoms with van der Waals surface area (Å²) in [5.74, 6) is -0.381. The number of aliphatic hydroxyl groups excluding tert-OH is 1. The fourth-order valence-electron chi connectivity index (χ4n) is 2.08. The molecule has 1 aromatic carbocycles. The highest BCUT2D eigenvalue weighted by Gasteiger charge is 2.16. The van der Waals surface area contributed by atoms with Crippen LogP contribution in [0.25, 0.3) is 0 Å². The van der Waals surface area contributed by atoms with E-state index in [2.05, 4.69) is 4.98 Å². The standard InChI is InChI=1S/C14H17FN2OS/c1-9(18)14-12(15)5-4-6-13(14)17(3)7-11-8-19-10(2)16-11/h4-6,8-9,18H,7H2,1-3H3/t9-/m0/s1. The van der Waals surface area contributed by atoms with Crippen molar-refractivity contribution in [3.63, 3.8) is 0 Å². The zero-order valence-electron chi connectivity index (χ0n) is 11.2. The number of halogens is 1. The Kier molecular flexibility index (Phi) is 4.17. The van der Waals surface area contributed by atoms with Gasteiger partial charge in [-0.25, -0.2) is 9.37 Å². The molecule has 19 heavy (non-hydrogen) atoms. The molecule has 2 rings (SSSR count). The molecule has 5 heteroatoms. The van der Waals surface area contributed by atoms with E-state index in [1.54, 1.807) is 24.3 Å². The molecule has 0 saturated carbocycles. The fourth-order valence-corrected chi connectivity index (χ4v) is 2.68. The van der Waals surface area contributed by atoms with Crippen molar-refractivity contribution in [2.75, 3.05) is 11.9 Å². The smallest absolute Gasteiger partial charge is 0.131 e. The normalized spacial score (nSPS) is 12.5. The molecule has 0 aliphatic rings. The van der Waals surface area contributed by atoms with Crippen LogP contribution in [-0.2, 0) is 6.54 Å². The number of thiazole rings is 1. The second-order valence-corrected chi connectivity index (χ2v) is 5.62. The van der Waals surface area contributed by atoms with Crippen LogP contribution in [0.2, 0.25) is 0 Å². The second-order valence-electron chi connectivity index (χ2n) is 4.56. The third-order valence-corrected chi connectivity index (χ3v) is 3.75. The molecule has 1 atom stereocenters. The minimum absolute atomic E-state index is 0.331. The lowest BCUT2D eigenvalue weighted by atomic mass is 10.1. The summed E-state index contributed by atoms with van der Waals surface area (Å²) in [5.41, 5.74) is 1.98. The van der Waals surface area contributed by atoms with Gasteiger partial charge >= 0.3 is 0 Å². The number of hydrogen-bond acceptors (Lipinski definition) is 4. The molecule has 1 aromatic heterocycles. The lowest BCUT2D eigenvalue weighted by Gasteiger charge is -2.23. The monoisotopic (exact) mass is 280 g/mol. The van der Waals surface area contributed by atoms with Crippen LogP contribution in [0.5, 0.6) is 0 Å². The topological polar surface area (TPSA) is 36.4 Å². The SMILES string of the molecule is Cc1nc(CN(C)c2cccc(F)c2[C@H](C)O)cs1. The maximum atomic E-state index is 13.8. The Hall–Kier alpha value is -1.46. The van der Waals surface area contributed by atoms with Crippen molar-refractivity contribution in [3.05, 3.63) is 45.7 Å². The van der Waals surface area contributed by atoms with Gasteiger partial charge in [0.2, 0.25) is 0 Å². The highest BCUT2D eigenvalue weighted by Crippen LogP contribution is 2.29. The quantitative estimate of drug-likeness (QED) is 0.933. The molecule has 0 aliphatic carbocycles. The van der Waals surface area contributed by atoms with Crippen LogP contribution in [0, 0.1) is 12.7 Å². The van der Waals surface area contributed by atoms with E-state index in [0.29, 0.717) is 17.8 Å². The van der Waals surface area contributed by atoms with E-state index >= 15 is 0 Å². The number of nitrogens with zero attached hydrogens (tertiary/aromatic N) is 2. The zero-order valence-corrected chi connectivity index (χ0v) is 12.0. The number of aryl methyl sites for hydroxylation is 1. The maximum Gasteiger partial charge on any atom is 0.131 e. The first kappa shape index (κ1) is 14.0. The first-order valence-corrected chi connectivity index (χ1v) is 6.95. The van der Waals surface area contributed by atoms with E-state index in [4.69, 9.17) is 0 Å². The Labute approximate surface area is 116 Å². The molecule has 0 radical (unpaired) electrons. The number of hydrogen-bond donors (Lipinski definition) is 1. The van der Waals surface area contributed by atoms with Gasteiger partial charge in [0.05, 0.1) is 23.4 Å². The van der Waals surface area contributed by atoms with Crippen molar-refractivity contribution in [2.45, 2.75) is 26.5 Å². The first-order valence-electron chi connectivity index (χ1n) is 6.07. The Morgan fingerprint density at radius 3 is 2.79 bits per heavy atom. The molecule has 0 aliphatic heterocycles.